The Labute approximate surface area is 94.3 Å². The van der Waals surface area contributed by atoms with Gasteiger partial charge in [0.25, 0.3) is 0 Å². The van der Waals surface area contributed by atoms with Crippen molar-refractivity contribution >= 4 is 0 Å². The van der Waals surface area contributed by atoms with Crippen molar-refractivity contribution in [2.75, 3.05) is 0 Å². The standard InChI is InChI=1S/C14H26O/c1-10-4-5-12(8-11(10)2)14(3)7-6-13(15)9-14/h10-13,15H,4-9H2,1-3H3. The molecule has 0 aromatic rings. The van der Waals surface area contributed by atoms with Gasteiger partial charge in [-0.1, -0.05) is 27.2 Å². The zero-order valence-corrected chi connectivity index (χ0v) is 10.5. The molecule has 0 heterocycles. The Morgan fingerprint density at radius 1 is 1.07 bits per heavy atom. The maximum absolute atomic E-state index is 9.71. The maximum Gasteiger partial charge on any atom is 0.0545 e. The highest BCUT2D eigenvalue weighted by molar-refractivity contribution is 4.93. The van der Waals surface area contributed by atoms with Gasteiger partial charge in [0.15, 0.2) is 0 Å². The van der Waals surface area contributed by atoms with Crippen LogP contribution in [0.4, 0.5) is 0 Å². The van der Waals surface area contributed by atoms with Gasteiger partial charge in [-0.05, 0) is 55.3 Å². The van der Waals surface area contributed by atoms with Crippen LogP contribution < -0.4 is 0 Å². The van der Waals surface area contributed by atoms with Gasteiger partial charge in [-0.15, -0.1) is 0 Å². The predicted molar refractivity (Wildman–Crippen MR) is 63.6 cm³/mol. The molecule has 2 saturated carbocycles. The van der Waals surface area contributed by atoms with Crippen LogP contribution in [-0.4, -0.2) is 11.2 Å². The van der Waals surface area contributed by atoms with Crippen molar-refractivity contribution in [3.05, 3.63) is 0 Å². The van der Waals surface area contributed by atoms with Crippen molar-refractivity contribution in [1.29, 1.82) is 0 Å². The largest absolute Gasteiger partial charge is 0.393 e. The minimum atomic E-state index is -0.00958. The summed E-state index contributed by atoms with van der Waals surface area (Å²) >= 11 is 0. The van der Waals surface area contributed by atoms with Gasteiger partial charge in [0.1, 0.15) is 0 Å². The van der Waals surface area contributed by atoms with E-state index in [0.29, 0.717) is 5.41 Å². The average molecular weight is 210 g/mol. The van der Waals surface area contributed by atoms with Crippen LogP contribution in [0.1, 0.15) is 59.3 Å². The third kappa shape index (κ3) is 2.22. The van der Waals surface area contributed by atoms with Crippen LogP contribution >= 0.6 is 0 Å². The van der Waals surface area contributed by atoms with Crippen molar-refractivity contribution in [2.45, 2.75) is 65.4 Å². The third-order valence-electron chi connectivity index (χ3n) is 5.33. The summed E-state index contributed by atoms with van der Waals surface area (Å²) in [6.07, 6.45) is 7.52. The molecule has 0 saturated heterocycles. The molecule has 0 aromatic heterocycles. The second-order valence-electron chi connectivity index (χ2n) is 6.52. The fourth-order valence-electron chi connectivity index (χ4n) is 3.79. The van der Waals surface area contributed by atoms with Crippen LogP contribution in [0.15, 0.2) is 0 Å². The summed E-state index contributed by atoms with van der Waals surface area (Å²) in [5, 5.41) is 9.71. The molecule has 5 atom stereocenters. The summed E-state index contributed by atoms with van der Waals surface area (Å²) in [4.78, 5) is 0. The van der Waals surface area contributed by atoms with E-state index >= 15 is 0 Å². The molecule has 0 amide bonds. The molecule has 1 N–H and O–H groups in total. The lowest BCUT2D eigenvalue weighted by Crippen LogP contribution is -2.32. The fraction of sp³-hybridized carbons (Fsp3) is 1.00. The maximum atomic E-state index is 9.71. The van der Waals surface area contributed by atoms with Crippen molar-refractivity contribution in [3.63, 3.8) is 0 Å². The molecule has 0 spiro atoms. The van der Waals surface area contributed by atoms with Crippen LogP contribution in [-0.2, 0) is 0 Å². The summed E-state index contributed by atoms with van der Waals surface area (Å²) in [5.41, 5.74) is 0.452. The highest BCUT2D eigenvalue weighted by Gasteiger charge is 2.42. The topological polar surface area (TPSA) is 20.2 Å². The van der Waals surface area contributed by atoms with E-state index in [1.54, 1.807) is 0 Å². The first-order valence-corrected chi connectivity index (χ1v) is 6.69. The van der Waals surface area contributed by atoms with Crippen LogP contribution in [0.3, 0.4) is 0 Å². The summed E-state index contributed by atoms with van der Waals surface area (Å²) in [6, 6.07) is 0. The summed E-state index contributed by atoms with van der Waals surface area (Å²) < 4.78 is 0. The van der Waals surface area contributed by atoms with Gasteiger partial charge in [-0.2, -0.15) is 0 Å². The van der Waals surface area contributed by atoms with E-state index in [-0.39, 0.29) is 6.10 Å². The summed E-state index contributed by atoms with van der Waals surface area (Å²) in [5.74, 6) is 2.68. The first-order valence-electron chi connectivity index (χ1n) is 6.69. The van der Waals surface area contributed by atoms with Crippen molar-refractivity contribution in [3.8, 4) is 0 Å². The zero-order valence-electron chi connectivity index (χ0n) is 10.5. The molecule has 0 bridgehead atoms. The van der Waals surface area contributed by atoms with Crippen molar-refractivity contribution in [2.24, 2.45) is 23.2 Å². The molecular weight excluding hydrogens is 184 g/mol. The minimum absolute atomic E-state index is 0.00958. The Hall–Kier alpha value is -0.0400. The second kappa shape index (κ2) is 4.08. The lowest BCUT2D eigenvalue weighted by Gasteiger charge is -2.41. The number of aliphatic hydroxyl groups is 1. The third-order valence-corrected chi connectivity index (χ3v) is 5.33. The Bertz CT molecular complexity index is 225. The molecule has 2 aliphatic carbocycles. The number of aliphatic hydroxyl groups excluding tert-OH is 1. The van der Waals surface area contributed by atoms with Gasteiger partial charge in [0, 0.05) is 0 Å². The first kappa shape index (κ1) is 11.4. The molecular formula is C14H26O. The SMILES string of the molecule is CC1CCC(C2(C)CCC(O)C2)CC1C. The van der Waals surface area contributed by atoms with Crippen LogP contribution in [0.2, 0.25) is 0 Å². The first-order chi connectivity index (χ1) is 7.01. The van der Waals surface area contributed by atoms with Crippen LogP contribution in [0.5, 0.6) is 0 Å². The molecule has 5 unspecified atom stereocenters. The number of hydrogen-bond acceptors (Lipinski definition) is 1. The quantitative estimate of drug-likeness (QED) is 0.701. The second-order valence-corrected chi connectivity index (χ2v) is 6.52. The van der Waals surface area contributed by atoms with Gasteiger partial charge >= 0.3 is 0 Å². The number of hydrogen-bond donors (Lipinski definition) is 1. The Morgan fingerprint density at radius 3 is 2.33 bits per heavy atom. The molecule has 1 heteroatoms. The van der Waals surface area contributed by atoms with E-state index in [1.807, 2.05) is 0 Å². The van der Waals surface area contributed by atoms with Gasteiger partial charge in [-0.25, -0.2) is 0 Å². The molecule has 0 aromatic carbocycles. The minimum Gasteiger partial charge on any atom is -0.393 e. The smallest absolute Gasteiger partial charge is 0.0545 e. The van der Waals surface area contributed by atoms with Crippen LogP contribution in [0, 0.1) is 23.2 Å². The lowest BCUT2D eigenvalue weighted by molar-refractivity contribution is 0.0745. The summed E-state index contributed by atoms with van der Waals surface area (Å²) in [6.45, 7) is 7.22. The Balaban J connectivity index is 1.99. The molecule has 2 aliphatic rings. The Morgan fingerprint density at radius 2 is 1.80 bits per heavy atom. The fourth-order valence-corrected chi connectivity index (χ4v) is 3.79. The van der Waals surface area contributed by atoms with Gasteiger partial charge in [-0.3, -0.25) is 0 Å². The normalized spacial score (nSPS) is 52.0. The predicted octanol–water partition coefficient (Wildman–Crippen LogP) is 3.61. The molecule has 88 valence electrons. The molecule has 15 heavy (non-hydrogen) atoms. The molecule has 2 fully saturated rings. The van der Waals surface area contributed by atoms with Gasteiger partial charge < -0.3 is 5.11 Å². The molecule has 0 aliphatic heterocycles. The lowest BCUT2D eigenvalue weighted by atomic mass is 9.64. The molecule has 2 rings (SSSR count). The van der Waals surface area contributed by atoms with E-state index in [2.05, 4.69) is 20.8 Å². The highest BCUT2D eigenvalue weighted by Crippen LogP contribution is 2.51. The van der Waals surface area contributed by atoms with Crippen molar-refractivity contribution < 1.29 is 5.11 Å². The van der Waals surface area contributed by atoms with E-state index in [4.69, 9.17) is 0 Å². The van der Waals surface area contributed by atoms with E-state index in [9.17, 15) is 5.11 Å². The van der Waals surface area contributed by atoms with Crippen molar-refractivity contribution in [1.82, 2.24) is 0 Å². The van der Waals surface area contributed by atoms with E-state index in [1.165, 1.54) is 25.7 Å². The molecule has 1 nitrogen and oxygen atoms in total. The monoisotopic (exact) mass is 210 g/mol. The summed E-state index contributed by atoms with van der Waals surface area (Å²) in [7, 11) is 0. The molecule has 0 radical (unpaired) electrons. The average Bonchev–Trinajstić information content (AvgIpc) is 2.52. The van der Waals surface area contributed by atoms with Gasteiger partial charge in [0.2, 0.25) is 0 Å². The Kier molecular flexibility index (Phi) is 3.12. The highest BCUT2D eigenvalue weighted by atomic mass is 16.3. The van der Waals surface area contributed by atoms with E-state index < -0.39 is 0 Å². The number of rotatable bonds is 1. The van der Waals surface area contributed by atoms with E-state index in [0.717, 1.165) is 30.6 Å². The van der Waals surface area contributed by atoms with Gasteiger partial charge in [0.05, 0.1) is 6.10 Å². The zero-order chi connectivity index (χ0) is 11.1. The van der Waals surface area contributed by atoms with Crippen LogP contribution in [0.25, 0.3) is 0 Å².